The monoisotopic (exact) mass is 603 g/mol. The summed E-state index contributed by atoms with van der Waals surface area (Å²) in [5.74, 6) is 0.141. The standard InChI is InChI=1S/C11H5Br2F3N4.C6H4Cl3N/c12-7-1-5(11(14,15)16)2-8(13)10(7)20-9(18)3-6(4-17)19-20;7-3-1-4(8)6(10)5(9)2-3/h1-3H,18H2;1-2H,10H2. The number of aromatic nitrogens is 2. The van der Waals surface area contributed by atoms with Crippen molar-refractivity contribution in [1.82, 2.24) is 9.78 Å². The molecular formula is C17H9Br2Cl3F3N5. The normalized spacial score (nSPS) is 10.9. The Balaban J connectivity index is 0.000000269. The molecular weight excluding hydrogens is 597 g/mol. The minimum absolute atomic E-state index is 0.0706. The molecule has 3 aromatic rings. The van der Waals surface area contributed by atoms with Gasteiger partial charge in [-0.1, -0.05) is 34.8 Å². The van der Waals surface area contributed by atoms with Crippen LogP contribution < -0.4 is 11.5 Å². The smallest absolute Gasteiger partial charge is 0.396 e. The molecule has 13 heteroatoms. The third kappa shape index (κ3) is 5.74. The van der Waals surface area contributed by atoms with Gasteiger partial charge in [0.25, 0.3) is 0 Å². The molecule has 5 nitrogen and oxygen atoms in total. The van der Waals surface area contributed by atoms with Crippen molar-refractivity contribution in [3.8, 4) is 11.8 Å². The largest absolute Gasteiger partial charge is 0.416 e. The van der Waals surface area contributed by atoms with Gasteiger partial charge in [-0.3, -0.25) is 0 Å². The number of hydrogen-bond donors (Lipinski definition) is 2. The number of benzene rings is 2. The first-order valence-corrected chi connectivity index (χ1v) is 10.3. The quantitative estimate of drug-likeness (QED) is 0.289. The molecule has 0 amide bonds. The molecule has 0 aliphatic heterocycles. The van der Waals surface area contributed by atoms with E-state index >= 15 is 0 Å². The van der Waals surface area contributed by atoms with Crippen LogP contribution >= 0.6 is 66.7 Å². The van der Waals surface area contributed by atoms with E-state index in [0.717, 1.165) is 12.1 Å². The maximum Gasteiger partial charge on any atom is 0.416 e. The summed E-state index contributed by atoms with van der Waals surface area (Å²) in [5.41, 5.74) is 11.0. The van der Waals surface area contributed by atoms with Crippen LogP contribution in [0.3, 0.4) is 0 Å². The van der Waals surface area contributed by atoms with E-state index in [1.54, 1.807) is 12.1 Å². The molecule has 0 aliphatic carbocycles. The molecule has 1 heterocycles. The Labute approximate surface area is 200 Å². The van der Waals surface area contributed by atoms with Crippen LogP contribution in [0.15, 0.2) is 39.3 Å². The minimum Gasteiger partial charge on any atom is -0.396 e. The van der Waals surface area contributed by atoms with Gasteiger partial charge in [0.05, 0.1) is 27.0 Å². The number of anilines is 2. The highest BCUT2D eigenvalue weighted by atomic mass is 79.9. The van der Waals surface area contributed by atoms with E-state index < -0.39 is 11.7 Å². The van der Waals surface area contributed by atoms with Gasteiger partial charge in [0, 0.05) is 20.0 Å². The lowest BCUT2D eigenvalue weighted by molar-refractivity contribution is -0.137. The number of nitrogens with zero attached hydrogens (tertiary/aromatic N) is 3. The second kappa shape index (κ2) is 9.66. The predicted octanol–water partition coefficient (Wildman–Crippen LogP) is 7.10. The highest BCUT2D eigenvalue weighted by Crippen LogP contribution is 2.38. The third-order valence-corrected chi connectivity index (χ3v) is 5.50. The molecule has 0 radical (unpaired) electrons. The van der Waals surface area contributed by atoms with E-state index in [9.17, 15) is 13.2 Å². The molecule has 158 valence electrons. The second-order valence-corrected chi connectivity index (χ2v) is 8.51. The van der Waals surface area contributed by atoms with Crippen molar-refractivity contribution < 1.29 is 13.2 Å². The summed E-state index contributed by atoms with van der Waals surface area (Å²) in [6, 6.07) is 8.08. The van der Waals surface area contributed by atoms with Gasteiger partial charge in [-0.15, -0.1) is 0 Å². The van der Waals surface area contributed by atoms with Gasteiger partial charge in [0.1, 0.15) is 11.9 Å². The number of hydrogen-bond acceptors (Lipinski definition) is 4. The molecule has 0 saturated heterocycles. The van der Waals surface area contributed by atoms with E-state index in [0.29, 0.717) is 20.8 Å². The Kier molecular flexibility index (Phi) is 7.93. The topological polar surface area (TPSA) is 93.6 Å². The van der Waals surface area contributed by atoms with E-state index in [1.165, 1.54) is 10.7 Å². The zero-order valence-corrected chi connectivity index (χ0v) is 19.8. The highest BCUT2D eigenvalue weighted by Gasteiger charge is 2.32. The molecule has 2 aromatic carbocycles. The maximum atomic E-state index is 12.7. The first-order chi connectivity index (χ1) is 13.8. The molecule has 4 N–H and O–H groups in total. The number of alkyl halides is 3. The molecule has 3 rings (SSSR count). The minimum atomic E-state index is -4.46. The van der Waals surface area contributed by atoms with Gasteiger partial charge in [-0.2, -0.15) is 23.5 Å². The van der Waals surface area contributed by atoms with E-state index in [1.807, 2.05) is 6.07 Å². The lowest BCUT2D eigenvalue weighted by Gasteiger charge is -2.13. The Morgan fingerprint density at radius 2 is 1.47 bits per heavy atom. The van der Waals surface area contributed by atoms with Crippen LogP contribution in [-0.4, -0.2) is 9.78 Å². The summed E-state index contributed by atoms with van der Waals surface area (Å²) in [6.45, 7) is 0. The Morgan fingerprint density at radius 1 is 0.967 bits per heavy atom. The predicted molar refractivity (Wildman–Crippen MR) is 119 cm³/mol. The molecule has 0 aliphatic rings. The highest BCUT2D eigenvalue weighted by molar-refractivity contribution is 9.11. The number of nitriles is 1. The van der Waals surface area contributed by atoms with Crippen LogP contribution in [0.5, 0.6) is 0 Å². The fourth-order valence-electron chi connectivity index (χ4n) is 2.11. The van der Waals surface area contributed by atoms with E-state index in [-0.39, 0.29) is 26.1 Å². The van der Waals surface area contributed by atoms with E-state index in [4.69, 9.17) is 51.5 Å². The lowest BCUT2D eigenvalue weighted by atomic mass is 10.2. The average molecular weight is 606 g/mol. The van der Waals surface area contributed by atoms with Gasteiger partial charge in [0.2, 0.25) is 0 Å². The Morgan fingerprint density at radius 3 is 1.87 bits per heavy atom. The summed E-state index contributed by atoms with van der Waals surface area (Å²) in [5, 5.41) is 13.9. The molecule has 0 unspecified atom stereocenters. The zero-order chi connectivity index (χ0) is 22.8. The second-order valence-electron chi connectivity index (χ2n) is 5.55. The van der Waals surface area contributed by atoms with Gasteiger partial charge >= 0.3 is 6.18 Å². The van der Waals surface area contributed by atoms with Gasteiger partial charge < -0.3 is 11.5 Å². The zero-order valence-electron chi connectivity index (χ0n) is 14.4. The van der Waals surface area contributed by atoms with Crippen LogP contribution in [-0.2, 0) is 6.18 Å². The SMILES string of the molecule is N#Cc1cc(N)n(-c2c(Br)cc(C(F)(F)F)cc2Br)n1.Nc1c(Cl)cc(Cl)cc1Cl. The van der Waals surface area contributed by atoms with Crippen LogP contribution in [0.25, 0.3) is 5.69 Å². The third-order valence-electron chi connectivity index (χ3n) is 3.45. The van der Waals surface area contributed by atoms with E-state index in [2.05, 4.69) is 37.0 Å². The van der Waals surface area contributed by atoms with Gasteiger partial charge in [0.15, 0.2) is 5.69 Å². The molecule has 0 fully saturated rings. The summed E-state index contributed by atoms with van der Waals surface area (Å²) in [6.07, 6.45) is -4.46. The number of nitrogen functional groups attached to an aromatic ring is 2. The molecule has 0 spiro atoms. The van der Waals surface area contributed by atoms with Crippen molar-refractivity contribution in [1.29, 1.82) is 5.26 Å². The van der Waals surface area contributed by atoms with Gasteiger partial charge in [-0.05, 0) is 56.1 Å². The fourth-order valence-corrected chi connectivity index (χ4v) is 4.45. The van der Waals surface area contributed by atoms with Crippen molar-refractivity contribution in [2.45, 2.75) is 6.18 Å². The van der Waals surface area contributed by atoms with Crippen LogP contribution in [0, 0.1) is 11.3 Å². The Bertz CT molecular complexity index is 1100. The first-order valence-electron chi connectivity index (χ1n) is 7.57. The number of halogens is 8. The van der Waals surface area contributed by atoms with Crippen molar-refractivity contribution in [2.75, 3.05) is 11.5 Å². The Hall–Kier alpha value is -1.64. The molecule has 30 heavy (non-hydrogen) atoms. The number of nitrogens with two attached hydrogens (primary N) is 2. The summed E-state index contributed by atoms with van der Waals surface area (Å²) < 4.78 is 39.6. The summed E-state index contributed by atoms with van der Waals surface area (Å²) in [4.78, 5) is 0. The fraction of sp³-hybridized carbons (Fsp3) is 0.0588. The summed E-state index contributed by atoms with van der Waals surface area (Å²) >= 11 is 23.0. The summed E-state index contributed by atoms with van der Waals surface area (Å²) in [7, 11) is 0. The van der Waals surface area contributed by atoms with Crippen molar-refractivity contribution in [2.24, 2.45) is 0 Å². The molecule has 1 aromatic heterocycles. The lowest BCUT2D eigenvalue weighted by Crippen LogP contribution is -2.08. The maximum absolute atomic E-state index is 12.7. The van der Waals surface area contributed by atoms with Crippen molar-refractivity contribution >= 4 is 78.2 Å². The van der Waals surface area contributed by atoms with Crippen molar-refractivity contribution in [3.63, 3.8) is 0 Å². The first kappa shape index (κ1) is 24.6. The number of rotatable bonds is 1. The molecule has 0 atom stereocenters. The van der Waals surface area contributed by atoms with Crippen LogP contribution in [0.2, 0.25) is 15.1 Å². The molecule has 0 saturated carbocycles. The van der Waals surface area contributed by atoms with Crippen LogP contribution in [0.4, 0.5) is 24.7 Å². The van der Waals surface area contributed by atoms with Gasteiger partial charge in [-0.25, -0.2) is 4.68 Å². The average Bonchev–Trinajstić information content (AvgIpc) is 2.99. The van der Waals surface area contributed by atoms with Crippen LogP contribution in [0.1, 0.15) is 11.3 Å². The van der Waals surface area contributed by atoms with Crippen molar-refractivity contribution in [3.05, 3.63) is 65.6 Å². The molecule has 0 bridgehead atoms.